The van der Waals surface area contributed by atoms with Crippen molar-refractivity contribution in [2.75, 3.05) is 19.7 Å². The van der Waals surface area contributed by atoms with Gasteiger partial charge in [-0.3, -0.25) is 9.59 Å². The van der Waals surface area contributed by atoms with Crippen LogP contribution in [0, 0.1) is 5.92 Å². The number of nitrogens with zero attached hydrogens (tertiary/aromatic N) is 3. The van der Waals surface area contributed by atoms with Crippen LogP contribution in [0.2, 0.25) is 0 Å². The van der Waals surface area contributed by atoms with Gasteiger partial charge in [0.15, 0.2) is 6.61 Å². The van der Waals surface area contributed by atoms with Crippen LogP contribution in [0.5, 0.6) is 5.75 Å². The molecule has 8 nitrogen and oxygen atoms in total. The molecule has 2 heterocycles. The molecule has 0 spiro atoms. The number of ether oxygens (including phenoxy) is 1. The highest BCUT2D eigenvalue weighted by atomic mass is 16.5. The van der Waals surface area contributed by atoms with Gasteiger partial charge in [0.25, 0.3) is 5.91 Å². The van der Waals surface area contributed by atoms with Crippen molar-refractivity contribution < 1.29 is 19.4 Å². The normalized spacial score (nSPS) is 20.1. The maximum atomic E-state index is 12.4. The Bertz CT molecular complexity index is 689. The molecular formula is C16H18N4O4. The Hall–Kier alpha value is -2.90. The molecule has 0 aliphatic carbocycles. The molecule has 1 amide bonds. The molecular weight excluding hydrogens is 312 g/mol. The molecule has 1 fully saturated rings. The number of H-pyrrole nitrogens is 1. The number of carbonyl (C=O) groups is 2. The van der Waals surface area contributed by atoms with Gasteiger partial charge < -0.3 is 14.7 Å². The molecule has 2 N–H and O–H groups in total. The number of aliphatic carboxylic acids is 1. The number of likely N-dealkylation sites (tertiary alicyclic amines) is 1. The van der Waals surface area contributed by atoms with Crippen molar-refractivity contribution in [2.24, 2.45) is 5.92 Å². The summed E-state index contributed by atoms with van der Waals surface area (Å²) in [6, 6.07) is 9.10. The summed E-state index contributed by atoms with van der Waals surface area (Å²) in [5, 5.41) is 19.4. The third-order valence-corrected chi connectivity index (χ3v) is 4.15. The molecule has 0 unspecified atom stereocenters. The first-order valence-electron chi connectivity index (χ1n) is 7.66. The Kier molecular flexibility index (Phi) is 4.74. The van der Waals surface area contributed by atoms with E-state index in [4.69, 9.17) is 9.84 Å². The van der Waals surface area contributed by atoms with Crippen molar-refractivity contribution in [1.29, 1.82) is 0 Å². The fourth-order valence-electron chi connectivity index (χ4n) is 2.98. The number of aromatic nitrogens is 3. The van der Waals surface area contributed by atoms with Crippen LogP contribution in [0.25, 0.3) is 0 Å². The molecule has 24 heavy (non-hydrogen) atoms. The molecule has 1 aliphatic heterocycles. The Morgan fingerprint density at radius 3 is 2.75 bits per heavy atom. The molecule has 3 rings (SSSR count). The second-order valence-electron chi connectivity index (χ2n) is 5.76. The van der Waals surface area contributed by atoms with E-state index in [1.807, 2.05) is 18.2 Å². The van der Waals surface area contributed by atoms with Crippen LogP contribution in [-0.4, -0.2) is 57.0 Å². The van der Waals surface area contributed by atoms with Gasteiger partial charge in [-0.25, -0.2) is 0 Å². The highest BCUT2D eigenvalue weighted by molar-refractivity contribution is 5.78. The lowest BCUT2D eigenvalue weighted by molar-refractivity contribution is -0.138. The monoisotopic (exact) mass is 330 g/mol. The Labute approximate surface area is 138 Å². The second kappa shape index (κ2) is 7.12. The SMILES string of the molecule is O=C(O)C[C@H]1CN(C(=O)COc2ccccc2)C[C@H]1c1cn[nH]n1. The van der Waals surface area contributed by atoms with Gasteiger partial charge in [0.05, 0.1) is 18.3 Å². The average Bonchev–Trinajstić information content (AvgIpc) is 3.22. The predicted octanol–water partition coefficient (Wildman–Crippen LogP) is 0.900. The van der Waals surface area contributed by atoms with E-state index in [9.17, 15) is 9.59 Å². The molecule has 0 radical (unpaired) electrons. The summed E-state index contributed by atoms with van der Waals surface area (Å²) in [7, 11) is 0. The molecule has 1 aromatic carbocycles. The van der Waals surface area contributed by atoms with E-state index >= 15 is 0 Å². The van der Waals surface area contributed by atoms with Crippen molar-refractivity contribution in [3.05, 3.63) is 42.2 Å². The smallest absolute Gasteiger partial charge is 0.303 e. The van der Waals surface area contributed by atoms with Gasteiger partial charge in [0.1, 0.15) is 5.75 Å². The quantitative estimate of drug-likeness (QED) is 0.814. The highest BCUT2D eigenvalue weighted by Crippen LogP contribution is 2.33. The van der Waals surface area contributed by atoms with Gasteiger partial charge in [0.2, 0.25) is 0 Å². The molecule has 2 atom stereocenters. The summed E-state index contributed by atoms with van der Waals surface area (Å²) in [6.07, 6.45) is 1.56. The van der Waals surface area contributed by atoms with Crippen LogP contribution in [-0.2, 0) is 9.59 Å². The Morgan fingerprint density at radius 2 is 2.08 bits per heavy atom. The van der Waals surface area contributed by atoms with Gasteiger partial charge in [-0.1, -0.05) is 18.2 Å². The van der Waals surface area contributed by atoms with Crippen LogP contribution >= 0.6 is 0 Å². The molecule has 1 saturated heterocycles. The largest absolute Gasteiger partial charge is 0.484 e. The minimum Gasteiger partial charge on any atom is -0.484 e. The number of rotatable bonds is 6. The number of carboxylic acids is 1. The zero-order valence-corrected chi connectivity index (χ0v) is 13.0. The van der Waals surface area contributed by atoms with Gasteiger partial charge in [-0.15, -0.1) is 0 Å². The van der Waals surface area contributed by atoms with E-state index < -0.39 is 5.97 Å². The topological polar surface area (TPSA) is 108 Å². The number of benzene rings is 1. The first-order chi connectivity index (χ1) is 11.6. The van der Waals surface area contributed by atoms with Crippen LogP contribution in [0.3, 0.4) is 0 Å². The van der Waals surface area contributed by atoms with Crippen LogP contribution in [0.4, 0.5) is 0 Å². The van der Waals surface area contributed by atoms with Crippen molar-refractivity contribution in [3.63, 3.8) is 0 Å². The molecule has 1 aromatic heterocycles. The summed E-state index contributed by atoms with van der Waals surface area (Å²) in [6.45, 7) is 0.720. The van der Waals surface area contributed by atoms with Crippen LogP contribution < -0.4 is 4.74 Å². The maximum absolute atomic E-state index is 12.4. The second-order valence-corrected chi connectivity index (χ2v) is 5.76. The third kappa shape index (κ3) is 3.70. The molecule has 2 aromatic rings. The number of para-hydroxylation sites is 1. The van der Waals surface area contributed by atoms with E-state index in [1.54, 1.807) is 23.2 Å². The molecule has 0 bridgehead atoms. The fourth-order valence-corrected chi connectivity index (χ4v) is 2.98. The van der Waals surface area contributed by atoms with Crippen LogP contribution in [0.1, 0.15) is 18.0 Å². The first-order valence-corrected chi connectivity index (χ1v) is 7.66. The van der Waals surface area contributed by atoms with Crippen molar-refractivity contribution in [2.45, 2.75) is 12.3 Å². The van der Waals surface area contributed by atoms with E-state index in [2.05, 4.69) is 15.4 Å². The number of amides is 1. The summed E-state index contributed by atoms with van der Waals surface area (Å²) < 4.78 is 5.48. The summed E-state index contributed by atoms with van der Waals surface area (Å²) >= 11 is 0. The van der Waals surface area contributed by atoms with E-state index in [-0.39, 0.29) is 30.8 Å². The minimum atomic E-state index is -0.886. The fraction of sp³-hybridized carbons (Fsp3) is 0.375. The lowest BCUT2D eigenvalue weighted by Crippen LogP contribution is -2.33. The summed E-state index contributed by atoms with van der Waals surface area (Å²) in [4.78, 5) is 25.1. The third-order valence-electron chi connectivity index (χ3n) is 4.15. The standard InChI is InChI=1S/C16H18N4O4/c21-15(10-24-12-4-2-1-3-5-12)20-8-11(6-16(22)23)13(9-20)14-7-17-19-18-14/h1-5,7,11,13H,6,8-10H2,(H,22,23)(H,17,18,19)/t11-,13+/m0/s1. The van der Waals surface area contributed by atoms with E-state index in [0.29, 0.717) is 24.5 Å². The number of carbonyl (C=O) groups excluding carboxylic acids is 1. The number of nitrogens with one attached hydrogen (secondary N) is 1. The van der Waals surface area contributed by atoms with Gasteiger partial charge in [-0.05, 0) is 18.1 Å². The highest BCUT2D eigenvalue weighted by Gasteiger charge is 2.38. The summed E-state index contributed by atoms with van der Waals surface area (Å²) in [5.41, 5.74) is 0.681. The van der Waals surface area contributed by atoms with Gasteiger partial charge in [0, 0.05) is 19.0 Å². The number of hydrogen-bond acceptors (Lipinski definition) is 5. The zero-order chi connectivity index (χ0) is 16.9. The average molecular weight is 330 g/mol. The van der Waals surface area contributed by atoms with E-state index in [0.717, 1.165) is 0 Å². The lowest BCUT2D eigenvalue weighted by Gasteiger charge is -2.16. The Morgan fingerprint density at radius 1 is 1.29 bits per heavy atom. The first kappa shape index (κ1) is 16.0. The van der Waals surface area contributed by atoms with Crippen LogP contribution in [0.15, 0.2) is 36.5 Å². The predicted molar refractivity (Wildman–Crippen MR) is 83.4 cm³/mol. The van der Waals surface area contributed by atoms with Crippen molar-refractivity contribution in [1.82, 2.24) is 20.3 Å². The number of aromatic amines is 1. The number of carboxylic acid groups (broad SMARTS) is 1. The minimum absolute atomic E-state index is 0.0130. The maximum Gasteiger partial charge on any atom is 0.303 e. The van der Waals surface area contributed by atoms with Crippen molar-refractivity contribution >= 4 is 11.9 Å². The Balaban J connectivity index is 1.63. The number of hydrogen-bond donors (Lipinski definition) is 2. The zero-order valence-electron chi connectivity index (χ0n) is 13.0. The molecule has 126 valence electrons. The molecule has 0 saturated carbocycles. The van der Waals surface area contributed by atoms with Gasteiger partial charge in [-0.2, -0.15) is 15.4 Å². The van der Waals surface area contributed by atoms with Gasteiger partial charge >= 0.3 is 5.97 Å². The van der Waals surface area contributed by atoms with E-state index in [1.165, 1.54) is 0 Å². The molecule has 1 aliphatic rings. The van der Waals surface area contributed by atoms with Crippen molar-refractivity contribution in [3.8, 4) is 5.75 Å². The summed E-state index contributed by atoms with van der Waals surface area (Å²) in [5.74, 6) is -0.752. The lowest BCUT2D eigenvalue weighted by atomic mass is 9.91. The molecule has 8 heteroatoms.